The molecule has 0 amide bonds. The van der Waals surface area contributed by atoms with Crippen molar-refractivity contribution in [3.05, 3.63) is 52.5 Å². The summed E-state index contributed by atoms with van der Waals surface area (Å²) in [6, 6.07) is 10.1. The van der Waals surface area contributed by atoms with Gasteiger partial charge in [0.2, 0.25) is 5.95 Å². The summed E-state index contributed by atoms with van der Waals surface area (Å²) < 4.78 is 13.6. The molecule has 84 valence electrons. The Morgan fingerprint density at radius 1 is 1.29 bits per heavy atom. The molecule has 2 rings (SSSR count). The second-order valence-electron chi connectivity index (χ2n) is 3.30. The Labute approximate surface area is 106 Å². The summed E-state index contributed by atoms with van der Waals surface area (Å²) in [6.45, 7) is 0. The number of aromatic nitrogens is 1. The van der Waals surface area contributed by atoms with Crippen LogP contribution < -0.4 is 5.32 Å². The molecule has 0 fully saturated rings. The molecule has 1 heterocycles. The van der Waals surface area contributed by atoms with Gasteiger partial charge in [0.05, 0.1) is 17.3 Å². The standard InChI is InChI=1S/C12H7BrFN3/c13-10-5-8(7-15)1-2-11(10)17-9-3-4-16-12(14)6-9/h1-6H,(H,16,17). The number of nitrogens with one attached hydrogen (secondary N) is 1. The van der Waals surface area contributed by atoms with E-state index in [0.29, 0.717) is 11.3 Å². The van der Waals surface area contributed by atoms with Crippen molar-refractivity contribution in [2.45, 2.75) is 0 Å². The second kappa shape index (κ2) is 4.93. The van der Waals surface area contributed by atoms with Crippen LogP contribution in [-0.4, -0.2) is 4.98 Å². The summed E-state index contributed by atoms with van der Waals surface area (Å²) in [7, 11) is 0. The number of hydrogen-bond acceptors (Lipinski definition) is 3. The predicted octanol–water partition coefficient (Wildman–Crippen LogP) is 3.60. The summed E-state index contributed by atoms with van der Waals surface area (Å²) in [4.78, 5) is 3.47. The van der Waals surface area contributed by atoms with Crippen molar-refractivity contribution in [3.8, 4) is 6.07 Å². The van der Waals surface area contributed by atoms with Crippen molar-refractivity contribution in [1.29, 1.82) is 5.26 Å². The average Bonchev–Trinajstić information content (AvgIpc) is 2.32. The van der Waals surface area contributed by atoms with Crippen molar-refractivity contribution < 1.29 is 4.39 Å². The predicted molar refractivity (Wildman–Crippen MR) is 66.3 cm³/mol. The summed E-state index contributed by atoms with van der Waals surface area (Å²) in [5, 5.41) is 11.8. The monoisotopic (exact) mass is 291 g/mol. The van der Waals surface area contributed by atoms with Crippen LogP contribution in [0.3, 0.4) is 0 Å². The van der Waals surface area contributed by atoms with Gasteiger partial charge >= 0.3 is 0 Å². The van der Waals surface area contributed by atoms with E-state index in [-0.39, 0.29) is 0 Å². The van der Waals surface area contributed by atoms with Gasteiger partial charge in [0.25, 0.3) is 0 Å². The van der Waals surface area contributed by atoms with E-state index in [0.717, 1.165) is 10.2 Å². The summed E-state index contributed by atoms with van der Waals surface area (Å²) in [6.07, 6.45) is 1.38. The summed E-state index contributed by atoms with van der Waals surface area (Å²) in [5.74, 6) is -0.542. The van der Waals surface area contributed by atoms with Crippen LogP contribution in [0.2, 0.25) is 0 Å². The first-order valence-electron chi connectivity index (χ1n) is 4.77. The SMILES string of the molecule is N#Cc1ccc(Nc2ccnc(F)c2)c(Br)c1. The van der Waals surface area contributed by atoms with Gasteiger partial charge in [-0.25, -0.2) is 4.98 Å². The van der Waals surface area contributed by atoms with Crippen LogP contribution in [0.4, 0.5) is 15.8 Å². The minimum Gasteiger partial charge on any atom is -0.354 e. The van der Waals surface area contributed by atoms with E-state index >= 15 is 0 Å². The molecule has 1 N–H and O–H groups in total. The molecular weight excluding hydrogens is 285 g/mol. The summed E-state index contributed by atoms with van der Waals surface area (Å²) in [5.41, 5.74) is 1.92. The van der Waals surface area contributed by atoms with Crippen molar-refractivity contribution in [2.24, 2.45) is 0 Å². The number of nitriles is 1. The topological polar surface area (TPSA) is 48.7 Å². The van der Waals surface area contributed by atoms with Crippen LogP contribution in [0.5, 0.6) is 0 Å². The third-order valence-electron chi connectivity index (χ3n) is 2.10. The molecule has 1 aromatic heterocycles. The number of halogens is 2. The third-order valence-corrected chi connectivity index (χ3v) is 2.76. The maximum atomic E-state index is 12.9. The fourth-order valence-corrected chi connectivity index (χ4v) is 1.80. The van der Waals surface area contributed by atoms with Gasteiger partial charge in [-0.2, -0.15) is 9.65 Å². The van der Waals surface area contributed by atoms with Gasteiger partial charge in [-0.15, -0.1) is 0 Å². The molecule has 0 saturated carbocycles. The van der Waals surface area contributed by atoms with Gasteiger partial charge in [-0.3, -0.25) is 0 Å². The molecule has 0 atom stereocenters. The van der Waals surface area contributed by atoms with Crippen LogP contribution in [0.1, 0.15) is 5.56 Å². The minimum absolute atomic E-state index is 0.542. The fourth-order valence-electron chi connectivity index (χ4n) is 1.32. The molecule has 0 aliphatic rings. The maximum absolute atomic E-state index is 12.9. The van der Waals surface area contributed by atoms with Crippen LogP contribution in [0, 0.1) is 17.3 Å². The number of pyridine rings is 1. The highest BCUT2D eigenvalue weighted by Crippen LogP contribution is 2.26. The molecule has 0 radical (unpaired) electrons. The molecule has 0 aliphatic carbocycles. The van der Waals surface area contributed by atoms with Gasteiger partial charge in [0.15, 0.2) is 0 Å². The number of hydrogen-bond donors (Lipinski definition) is 1. The van der Waals surface area contributed by atoms with Gasteiger partial charge in [-0.05, 0) is 40.2 Å². The average molecular weight is 292 g/mol. The van der Waals surface area contributed by atoms with Crippen molar-refractivity contribution in [3.63, 3.8) is 0 Å². The molecule has 0 aliphatic heterocycles. The van der Waals surface area contributed by atoms with Gasteiger partial charge in [-0.1, -0.05) is 0 Å². The number of nitrogens with zero attached hydrogens (tertiary/aromatic N) is 2. The third kappa shape index (κ3) is 2.80. The van der Waals surface area contributed by atoms with E-state index in [1.54, 1.807) is 24.3 Å². The van der Waals surface area contributed by atoms with E-state index in [9.17, 15) is 4.39 Å². The van der Waals surface area contributed by atoms with Crippen molar-refractivity contribution >= 4 is 27.3 Å². The lowest BCUT2D eigenvalue weighted by molar-refractivity contribution is 0.584. The van der Waals surface area contributed by atoms with E-state index in [4.69, 9.17) is 5.26 Å². The van der Waals surface area contributed by atoms with E-state index in [2.05, 4.69) is 26.2 Å². The molecule has 3 nitrogen and oxygen atoms in total. The van der Waals surface area contributed by atoms with Gasteiger partial charge < -0.3 is 5.32 Å². The zero-order valence-electron chi connectivity index (χ0n) is 8.61. The molecule has 0 spiro atoms. The molecule has 17 heavy (non-hydrogen) atoms. The van der Waals surface area contributed by atoms with E-state index < -0.39 is 5.95 Å². The van der Waals surface area contributed by atoms with Crippen LogP contribution in [-0.2, 0) is 0 Å². The lowest BCUT2D eigenvalue weighted by Crippen LogP contribution is -1.93. The quantitative estimate of drug-likeness (QED) is 0.860. The van der Waals surface area contributed by atoms with E-state index in [1.165, 1.54) is 12.3 Å². The Morgan fingerprint density at radius 3 is 2.76 bits per heavy atom. The molecule has 1 aromatic carbocycles. The highest BCUT2D eigenvalue weighted by molar-refractivity contribution is 9.10. The first-order valence-corrected chi connectivity index (χ1v) is 5.56. The molecule has 0 bridgehead atoms. The molecule has 2 aromatic rings. The number of anilines is 2. The van der Waals surface area contributed by atoms with Gasteiger partial charge in [0, 0.05) is 22.4 Å². The Hall–Kier alpha value is -1.93. The first-order chi connectivity index (χ1) is 8.19. The second-order valence-corrected chi connectivity index (χ2v) is 4.15. The van der Waals surface area contributed by atoms with Crippen molar-refractivity contribution in [2.75, 3.05) is 5.32 Å². The highest BCUT2D eigenvalue weighted by Gasteiger charge is 2.02. The molecule has 0 unspecified atom stereocenters. The summed E-state index contributed by atoms with van der Waals surface area (Å²) >= 11 is 3.34. The largest absolute Gasteiger partial charge is 0.354 e. The normalized spacial score (nSPS) is 9.71. The van der Waals surface area contributed by atoms with Crippen molar-refractivity contribution in [1.82, 2.24) is 4.98 Å². The van der Waals surface area contributed by atoms with E-state index in [1.807, 2.05) is 6.07 Å². The Morgan fingerprint density at radius 2 is 2.12 bits per heavy atom. The zero-order valence-corrected chi connectivity index (χ0v) is 10.2. The minimum atomic E-state index is -0.542. The Balaban J connectivity index is 2.28. The Kier molecular flexibility index (Phi) is 3.35. The number of benzene rings is 1. The van der Waals surface area contributed by atoms with Gasteiger partial charge in [0.1, 0.15) is 0 Å². The smallest absolute Gasteiger partial charge is 0.214 e. The first kappa shape index (κ1) is 11.6. The fraction of sp³-hybridized carbons (Fsp3) is 0. The van der Waals surface area contributed by atoms with Crippen LogP contribution >= 0.6 is 15.9 Å². The molecule has 5 heteroatoms. The highest BCUT2D eigenvalue weighted by atomic mass is 79.9. The molecular formula is C12H7BrFN3. The Bertz CT molecular complexity index is 593. The lowest BCUT2D eigenvalue weighted by atomic mass is 10.2. The number of rotatable bonds is 2. The molecule has 0 saturated heterocycles. The van der Waals surface area contributed by atoms with Crippen LogP contribution in [0.25, 0.3) is 0 Å². The lowest BCUT2D eigenvalue weighted by Gasteiger charge is -2.08. The van der Waals surface area contributed by atoms with Crippen LogP contribution in [0.15, 0.2) is 41.0 Å². The maximum Gasteiger partial charge on any atom is 0.214 e. The zero-order chi connectivity index (χ0) is 12.3.